The van der Waals surface area contributed by atoms with Crippen LogP contribution in [0.5, 0.6) is 0 Å². The molecule has 23 heavy (non-hydrogen) atoms. The zero-order chi connectivity index (χ0) is 16.8. The Kier molecular flexibility index (Phi) is 5.38. The molecule has 2 aromatic rings. The van der Waals surface area contributed by atoms with Gasteiger partial charge in [0.25, 0.3) is 0 Å². The Balaban J connectivity index is 2.40. The van der Waals surface area contributed by atoms with Crippen LogP contribution in [0.2, 0.25) is 5.02 Å². The normalized spacial score (nSPS) is 11.0. The van der Waals surface area contributed by atoms with Gasteiger partial charge in [0.15, 0.2) is 5.71 Å². The molecular formula is C17H12ClNO4. The lowest BCUT2D eigenvalue weighted by Gasteiger charge is -2.05. The summed E-state index contributed by atoms with van der Waals surface area (Å²) in [5.41, 5.74) is -0.000906. The SMILES string of the molecule is CC(=O)ON=C(C(=O)c1ccccc1)C(=O)c1ccc(Cl)cc1. The molecule has 116 valence electrons. The number of Topliss-reactive ketones (excluding diaryl/α,β-unsaturated/α-hetero) is 2. The van der Waals surface area contributed by atoms with Crippen molar-refractivity contribution in [1.82, 2.24) is 0 Å². The molecule has 0 bridgehead atoms. The van der Waals surface area contributed by atoms with E-state index in [0.29, 0.717) is 5.02 Å². The third-order valence-corrected chi connectivity index (χ3v) is 3.09. The van der Waals surface area contributed by atoms with Gasteiger partial charge in [-0.05, 0) is 24.3 Å². The molecule has 0 aromatic heterocycles. The van der Waals surface area contributed by atoms with Gasteiger partial charge >= 0.3 is 5.97 Å². The number of benzene rings is 2. The molecule has 0 fully saturated rings. The van der Waals surface area contributed by atoms with Gasteiger partial charge in [0.2, 0.25) is 11.6 Å². The molecule has 0 aliphatic rings. The van der Waals surface area contributed by atoms with Crippen LogP contribution in [0.3, 0.4) is 0 Å². The fourth-order valence-corrected chi connectivity index (χ4v) is 1.89. The number of rotatable bonds is 5. The van der Waals surface area contributed by atoms with Gasteiger partial charge in [-0.15, -0.1) is 0 Å². The molecule has 0 saturated carbocycles. The number of hydrogen-bond acceptors (Lipinski definition) is 5. The fourth-order valence-electron chi connectivity index (χ4n) is 1.76. The molecule has 0 aliphatic carbocycles. The van der Waals surface area contributed by atoms with E-state index >= 15 is 0 Å². The van der Waals surface area contributed by atoms with Gasteiger partial charge in [-0.25, -0.2) is 4.79 Å². The maximum atomic E-state index is 12.5. The number of carbonyl (C=O) groups excluding carboxylic acids is 3. The second kappa shape index (κ2) is 7.47. The number of carbonyl (C=O) groups is 3. The molecule has 0 spiro atoms. The van der Waals surface area contributed by atoms with Gasteiger partial charge in [-0.1, -0.05) is 47.1 Å². The minimum Gasteiger partial charge on any atom is -0.318 e. The fraction of sp³-hybridized carbons (Fsp3) is 0.0588. The van der Waals surface area contributed by atoms with Crippen LogP contribution in [0.25, 0.3) is 0 Å². The highest BCUT2D eigenvalue weighted by molar-refractivity contribution is 6.71. The third kappa shape index (κ3) is 4.34. The van der Waals surface area contributed by atoms with Crippen molar-refractivity contribution >= 4 is 34.8 Å². The number of ketones is 2. The summed E-state index contributed by atoms with van der Waals surface area (Å²) in [5.74, 6) is -2.02. The third-order valence-electron chi connectivity index (χ3n) is 2.84. The quantitative estimate of drug-likeness (QED) is 0.277. The number of halogens is 1. The van der Waals surface area contributed by atoms with Gasteiger partial charge in [0.1, 0.15) is 0 Å². The number of nitrogens with zero attached hydrogens (tertiary/aromatic N) is 1. The van der Waals surface area contributed by atoms with Crippen LogP contribution in [0.15, 0.2) is 59.8 Å². The first-order valence-electron chi connectivity index (χ1n) is 6.64. The van der Waals surface area contributed by atoms with Gasteiger partial charge in [-0.2, -0.15) is 0 Å². The zero-order valence-corrected chi connectivity index (χ0v) is 12.9. The van der Waals surface area contributed by atoms with Crippen LogP contribution in [-0.2, 0) is 9.63 Å². The van der Waals surface area contributed by atoms with E-state index in [9.17, 15) is 14.4 Å². The van der Waals surface area contributed by atoms with Crippen molar-refractivity contribution < 1.29 is 19.2 Å². The van der Waals surface area contributed by atoms with Crippen LogP contribution in [-0.4, -0.2) is 23.2 Å². The van der Waals surface area contributed by atoms with Crippen molar-refractivity contribution in [3.05, 3.63) is 70.7 Å². The highest BCUT2D eigenvalue weighted by Gasteiger charge is 2.24. The molecule has 0 amide bonds. The van der Waals surface area contributed by atoms with Crippen molar-refractivity contribution in [2.45, 2.75) is 6.92 Å². The van der Waals surface area contributed by atoms with Crippen LogP contribution in [0.1, 0.15) is 27.6 Å². The second-order valence-corrected chi connectivity index (χ2v) is 4.99. The second-order valence-electron chi connectivity index (χ2n) is 4.55. The summed E-state index contributed by atoms with van der Waals surface area (Å²) in [6.45, 7) is 1.13. The Bertz CT molecular complexity index is 767. The molecule has 2 rings (SSSR count). The molecule has 0 saturated heterocycles. The lowest BCUT2D eigenvalue weighted by molar-refractivity contribution is -0.140. The minimum absolute atomic E-state index is 0.213. The maximum absolute atomic E-state index is 12.5. The molecule has 5 nitrogen and oxygen atoms in total. The van der Waals surface area contributed by atoms with E-state index in [1.54, 1.807) is 30.3 Å². The van der Waals surface area contributed by atoms with Crippen LogP contribution in [0, 0.1) is 0 Å². The van der Waals surface area contributed by atoms with Crippen molar-refractivity contribution in [2.75, 3.05) is 0 Å². The van der Waals surface area contributed by atoms with Gasteiger partial charge in [0.05, 0.1) is 0 Å². The monoisotopic (exact) mass is 329 g/mol. The summed E-state index contributed by atoms with van der Waals surface area (Å²) in [6, 6.07) is 14.1. The largest absolute Gasteiger partial charge is 0.332 e. The Morgan fingerprint density at radius 3 is 1.91 bits per heavy atom. The Labute approximate surface area is 137 Å². The van der Waals surface area contributed by atoms with Crippen LogP contribution >= 0.6 is 11.6 Å². The molecule has 0 unspecified atom stereocenters. The molecule has 0 N–H and O–H groups in total. The van der Waals surface area contributed by atoms with E-state index in [1.165, 1.54) is 24.3 Å². The molecule has 0 radical (unpaired) electrons. The Hall–Kier alpha value is -2.79. The molecular weight excluding hydrogens is 318 g/mol. The van der Waals surface area contributed by atoms with E-state index in [0.717, 1.165) is 6.92 Å². The van der Waals surface area contributed by atoms with Gasteiger partial charge in [-0.3, -0.25) is 9.59 Å². The first-order chi connectivity index (χ1) is 11.0. The standard InChI is InChI=1S/C17H12ClNO4/c1-11(20)23-19-15(16(21)12-5-3-2-4-6-12)17(22)13-7-9-14(18)10-8-13/h2-10H,1H3. The van der Waals surface area contributed by atoms with Crippen molar-refractivity contribution in [3.8, 4) is 0 Å². The molecule has 2 aromatic carbocycles. The summed E-state index contributed by atoms with van der Waals surface area (Å²) < 4.78 is 0. The van der Waals surface area contributed by atoms with Crippen LogP contribution < -0.4 is 0 Å². The first kappa shape index (κ1) is 16.6. The zero-order valence-electron chi connectivity index (χ0n) is 12.2. The van der Waals surface area contributed by atoms with E-state index in [2.05, 4.69) is 9.99 Å². The summed E-state index contributed by atoms with van der Waals surface area (Å²) >= 11 is 5.78. The van der Waals surface area contributed by atoms with Gasteiger partial charge in [0, 0.05) is 23.1 Å². The lowest BCUT2D eigenvalue weighted by Crippen LogP contribution is -2.25. The maximum Gasteiger partial charge on any atom is 0.332 e. The van der Waals surface area contributed by atoms with E-state index in [4.69, 9.17) is 11.6 Å². The first-order valence-corrected chi connectivity index (χ1v) is 7.02. The smallest absolute Gasteiger partial charge is 0.318 e. The average molecular weight is 330 g/mol. The van der Waals surface area contributed by atoms with Crippen LogP contribution in [0.4, 0.5) is 0 Å². The van der Waals surface area contributed by atoms with Crippen molar-refractivity contribution in [3.63, 3.8) is 0 Å². The molecule has 0 atom stereocenters. The average Bonchev–Trinajstić information content (AvgIpc) is 2.56. The summed E-state index contributed by atoms with van der Waals surface area (Å²) in [7, 11) is 0. The number of oxime groups is 1. The predicted molar refractivity (Wildman–Crippen MR) is 85.8 cm³/mol. The summed E-state index contributed by atoms with van der Waals surface area (Å²) in [5, 5.41) is 3.89. The molecule has 0 aliphatic heterocycles. The summed E-state index contributed by atoms with van der Waals surface area (Å²) in [6.07, 6.45) is 0. The Morgan fingerprint density at radius 2 is 1.39 bits per heavy atom. The Morgan fingerprint density at radius 1 is 0.870 bits per heavy atom. The van der Waals surface area contributed by atoms with E-state index in [1.807, 2.05) is 0 Å². The number of hydrogen-bond donors (Lipinski definition) is 0. The topological polar surface area (TPSA) is 72.8 Å². The van der Waals surface area contributed by atoms with E-state index < -0.39 is 23.2 Å². The molecule has 6 heteroatoms. The lowest BCUT2D eigenvalue weighted by atomic mass is 9.99. The highest BCUT2D eigenvalue weighted by atomic mass is 35.5. The van der Waals surface area contributed by atoms with Gasteiger partial charge < -0.3 is 4.84 Å². The minimum atomic E-state index is -0.729. The van der Waals surface area contributed by atoms with E-state index in [-0.39, 0.29) is 11.1 Å². The highest BCUT2D eigenvalue weighted by Crippen LogP contribution is 2.12. The molecule has 0 heterocycles. The summed E-state index contributed by atoms with van der Waals surface area (Å²) in [4.78, 5) is 40.4. The van der Waals surface area contributed by atoms with Crippen molar-refractivity contribution in [1.29, 1.82) is 0 Å². The predicted octanol–water partition coefficient (Wildman–Crippen LogP) is 3.32. The van der Waals surface area contributed by atoms with Crippen molar-refractivity contribution in [2.24, 2.45) is 5.16 Å².